The van der Waals surface area contributed by atoms with Gasteiger partial charge < -0.3 is 19.8 Å². The molecule has 2 aliphatic heterocycles. The summed E-state index contributed by atoms with van der Waals surface area (Å²) < 4.78 is 5.64. The monoisotopic (exact) mass is 607 g/mol. The molecule has 2 aliphatic rings. The first-order chi connectivity index (χ1) is 20.1. The molecule has 0 aromatic heterocycles. The largest absolute Gasteiger partial charge is 0.379 e. The lowest BCUT2D eigenvalue weighted by Crippen LogP contribution is -2.61. The first-order valence-corrected chi connectivity index (χ1v) is 14.5. The maximum Gasteiger partial charge on any atom is 0.335 e. The number of ether oxygens (including phenoxy) is 1. The fourth-order valence-electron chi connectivity index (χ4n) is 5.39. The van der Waals surface area contributed by atoms with Crippen LogP contribution in [0.4, 0.5) is 0 Å². The van der Waals surface area contributed by atoms with E-state index in [0.29, 0.717) is 11.5 Å². The van der Waals surface area contributed by atoms with E-state index in [1.807, 2.05) is 13.8 Å². The van der Waals surface area contributed by atoms with Crippen molar-refractivity contribution in [2.24, 2.45) is 17.8 Å². The third kappa shape index (κ3) is 8.25. The Hall–Kier alpha value is -3.65. The van der Waals surface area contributed by atoms with Crippen LogP contribution in [-0.2, 0) is 43.1 Å². The van der Waals surface area contributed by atoms with E-state index in [9.17, 15) is 33.6 Å². The number of rotatable bonds is 15. The molecule has 0 spiro atoms. The van der Waals surface area contributed by atoms with E-state index in [1.54, 1.807) is 34.7 Å². The number of nitrogens with one attached hydrogen (secondary N) is 1. The van der Waals surface area contributed by atoms with E-state index in [0.717, 1.165) is 17.2 Å². The van der Waals surface area contributed by atoms with Crippen molar-refractivity contribution in [2.75, 3.05) is 21.2 Å². The molecule has 43 heavy (non-hydrogen) atoms. The second-order valence-electron chi connectivity index (χ2n) is 11.7. The summed E-state index contributed by atoms with van der Waals surface area (Å²) in [5.41, 5.74) is 0. The quantitative estimate of drug-likeness (QED) is 0.264. The third-order valence-electron chi connectivity index (χ3n) is 7.91. The van der Waals surface area contributed by atoms with Gasteiger partial charge in [-0.25, -0.2) is 14.8 Å². The lowest BCUT2D eigenvalue weighted by atomic mass is 9.90. The van der Waals surface area contributed by atoms with Crippen molar-refractivity contribution in [1.82, 2.24) is 25.3 Å². The number of nitrogens with zero attached hydrogens (tertiary/aromatic N) is 4. The molecule has 0 saturated carbocycles. The first-order valence-electron chi connectivity index (χ1n) is 14.5. The molecule has 240 valence electrons. The molecule has 0 radical (unpaired) electrons. The van der Waals surface area contributed by atoms with E-state index in [4.69, 9.17) is 9.57 Å². The first kappa shape index (κ1) is 35.5. The fourth-order valence-corrected chi connectivity index (χ4v) is 5.39. The summed E-state index contributed by atoms with van der Waals surface area (Å²) in [7, 11) is 4.42. The van der Waals surface area contributed by atoms with Crippen molar-refractivity contribution in [3.63, 3.8) is 0 Å². The van der Waals surface area contributed by atoms with Crippen LogP contribution in [-0.4, -0.2) is 107 Å². The van der Waals surface area contributed by atoms with Crippen molar-refractivity contribution in [2.45, 2.75) is 91.5 Å². The predicted octanol–water partition coefficient (Wildman–Crippen LogP) is 0.809. The Morgan fingerprint density at radius 2 is 1.47 bits per heavy atom. The van der Waals surface area contributed by atoms with Gasteiger partial charge >= 0.3 is 5.97 Å². The van der Waals surface area contributed by atoms with Crippen LogP contribution in [0, 0.1) is 17.8 Å². The van der Waals surface area contributed by atoms with Crippen LogP contribution in [0.25, 0.3) is 0 Å². The van der Waals surface area contributed by atoms with Crippen LogP contribution in [0.3, 0.4) is 0 Å². The van der Waals surface area contributed by atoms with Gasteiger partial charge in [0.15, 0.2) is 0 Å². The van der Waals surface area contributed by atoms with E-state index in [2.05, 4.69) is 5.32 Å². The summed E-state index contributed by atoms with van der Waals surface area (Å²) in [4.78, 5) is 95.1. The zero-order valence-corrected chi connectivity index (χ0v) is 26.5. The van der Waals surface area contributed by atoms with Crippen molar-refractivity contribution < 1.29 is 43.1 Å². The summed E-state index contributed by atoms with van der Waals surface area (Å²) in [5.74, 6) is -5.04. The highest BCUT2D eigenvalue weighted by atomic mass is 16.7. The van der Waals surface area contributed by atoms with E-state index in [-0.39, 0.29) is 37.0 Å². The SMILES string of the molecule is CCC(C)[C@@H]([C@@H](CC(=O)ON1C(=O)CCC1=O)OC)N(C)C(=O)[C@@H](NC(=O)[C@H](C(C)C)N(C)N1C(=O)C=CC1=O)C(C)C. The molecule has 1 fully saturated rings. The molecule has 5 atom stereocenters. The van der Waals surface area contributed by atoms with Gasteiger partial charge in [-0.05, 0) is 17.8 Å². The van der Waals surface area contributed by atoms with Gasteiger partial charge in [0.1, 0.15) is 12.1 Å². The number of imide groups is 2. The number of carbonyl (C=O) groups excluding carboxylic acids is 7. The van der Waals surface area contributed by atoms with Crippen molar-refractivity contribution in [1.29, 1.82) is 0 Å². The Bertz CT molecular complexity index is 1100. The Labute approximate surface area is 252 Å². The molecule has 1 unspecified atom stereocenters. The number of amides is 6. The molecule has 1 N–H and O–H groups in total. The van der Waals surface area contributed by atoms with Gasteiger partial charge in [0.25, 0.3) is 23.6 Å². The van der Waals surface area contributed by atoms with Crippen LogP contribution < -0.4 is 5.32 Å². The second kappa shape index (κ2) is 15.2. The van der Waals surface area contributed by atoms with Crippen molar-refractivity contribution in [3.8, 4) is 0 Å². The van der Waals surface area contributed by atoms with Gasteiger partial charge in [0.05, 0.1) is 18.6 Å². The van der Waals surface area contributed by atoms with Crippen LogP contribution in [0.5, 0.6) is 0 Å². The average molecular weight is 608 g/mol. The Morgan fingerprint density at radius 1 is 0.930 bits per heavy atom. The number of hydrogen-bond donors (Lipinski definition) is 1. The lowest BCUT2D eigenvalue weighted by molar-refractivity contribution is -0.199. The maximum absolute atomic E-state index is 14.0. The van der Waals surface area contributed by atoms with Gasteiger partial charge in [0.2, 0.25) is 11.8 Å². The number of hydrogen-bond acceptors (Lipinski definition) is 10. The fraction of sp³-hybridized carbons (Fsp3) is 0.690. The summed E-state index contributed by atoms with van der Waals surface area (Å²) >= 11 is 0. The number of likely N-dealkylation sites (N-methyl/N-ethyl adjacent to an activating group) is 2. The van der Waals surface area contributed by atoms with Gasteiger partial charge in [-0.3, -0.25) is 28.8 Å². The van der Waals surface area contributed by atoms with E-state index >= 15 is 0 Å². The van der Waals surface area contributed by atoms with Gasteiger partial charge in [-0.1, -0.05) is 48.0 Å². The Morgan fingerprint density at radius 3 is 1.91 bits per heavy atom. The smallest absolute Gasteiger partial charge is 0.335 e. The molecule has 2 heterocycles. The van der Waals surface area contributed by atoms with Crippen molar-refractivity contribution >= 4 is 41.4 Å². The van der Waals surface area contributed by atoms with Crippen LogP contribution in [0.15, 0.2) is 12.2 Å². The summed E-state index contributed by atoms with van der Waals surface area (Å²) in [5, 5.41) is 5.45. The van der Waals surface area contributed by atoms with E-state index in [1.165, 1.54) is 24.1 Å². The second-order valence-corrected chi connectivity index (χ2v) is 11.7. The molecule has 1 saturated heterocycles. The highest BCUT2D eigenvalue weighted by molar-refractivity contribution is 6.12. The number of hydroxylamine groups is 2. The molecular weight excluding hydrogens is 562 g/mol. The number of methoxy groups -OCH3 is 1. The summed E-state index contributed by atoms with van der Waals surface area (Å²) in [6, 6.07) is -2.59. The Kier molecular flexibility index (Phi) is 12.6. The highest BCUT2D eigenvalue weighted by Crippen LogP contribution is 2.25. The minimum Gasteiger partial charge on any atom is -0.379 e. The minimum absolute atomic E-state index is 0.0378. The molecule has 0 aliphatic carbocycles. The molecular formula is C29H45N5O9. The van der Waals surface area contributed by atoms with Crippen LogP contribution in [0.1, 0.15) is 67.2 Å². The lowest BCUT2D eigenvalue weighted by Gasteiger charge is -2.40. The molecule has 0 bridgehead atoms. The maximum atomic E-state index is 14.0. The number of hydrazine groups is 1. The molecule has 6 amide bonds. The molecule has 2 rings (SSSR count). The van der Waals surface area contributed by atoms with Gasteiger partial charge in [0, 0.05) is 46.2 Å². The summed E-state index contributed by atoms with van der Waals surface area (Å²) in [6.07, 6.45) is 1.59. The summed E-state index contributed by atoms with van der Waals surface area (Å²) in [6.45, 7) is 10.9. The zero-order valence-electron chi connectivity index (χ0n) is 26.5. The highest BCUT2D eigenvalue weighted by Gasteiger charge is 2.42. The average Bonchev–Trinajstić information content (AvgIpc) is 3.44. The molecule has 14 nitrogen and oxygen atoms in total. The number of carbonyl (C=O) groups is 7. The van der Waals surface area contributed by atoms with E-state index < -0.39 is 65.6 Å². The zero-order chi connectivity index (χ0) is 32.8. The van der Waals surface area contributed by atoms with Gasteiger partial charge in [-0.2, -0.15) is 0 Å². The topological polar surface area (TPSA) is 163 Å². The van der Waals surface area contributed by atoms with Gasteiger partial charge in [-0.15, -0.1) is 5.06 Å². The molecule has 0 aromatic rings. The van der Waals surface area contributed by atoms with Crippen molar-refractivity contribution in [3.05, 3.63) is 12.2 Å². The standard InChI is InChI=1S/C29H45N5O9/c1-10-18(6)27(19(42-9)15-24(39)43-34-22(37)13-14-23(34)38)31(7)29(41)25(16(2)3)30-28(40)26(17(4)5)32(8)33-20(35)11-12-21(33)36/h11-12,16-19,25-27H,10,13-15H2,1-9H3,(H,30,40)/t18?,19-,25+,26+,27+/m1/s1. The molecule has 0 aromatic carbocycles. The minimum atomic E-state index is -0.994. The molecule has 14 heteroatoms. The normalized spacial score (nSPS) is 18.9. The Balaban J connectivity index is 2.27. The van der Waals surface area contributed by atoms with Crippen LogP contribution >= 0.6 is 0 Å². The third-order valence-corrected chi connectivity index (χ3v) is 7.91. The van der Waals surface area contributed by atoms with Crippen LogP contribution in [0.2, 0.25) is 0 Å². The predicted molar refractivity (Wildman–Crippen MR) is 153 cm³/mol.